The van der Waals surface area contributed by atoms with Gasteiger partial charge in [0, 0.05) is 18.8 Å². The van der Waals surface area contributed by atoms with E-state index >= 15 is 0 Å². The third kappa shape index (κ3) is 21.9. The number of unbranched alkanes of at least 4 members (excludes halogenated alkanes) is 10. The van der Waals surface area contributed by atoms with Crippen LogP contribution >= 0.6 is 0 Å². The van der Waals surface area contributed by atoms with Crippen molar-refractivity contribution in [2.45, 2.75) is 123 Å². The zero-order valence-corrected chi connectivity index (χ0v) is 21.3. The van der Waals surface area contributed by atoms with E-state index in [2.05, 4.69) is 13.8 Å². The minimum absolute atomic E-state index is 0.238. The predicted octanol–water partition coefficient (Wildman–Crippen LogP) is 5.25. The molecule has 0 aromatic heterocycles. The molecule has 0 fully saturated rings. The maximum Gasteiger partial charge on any atom is 0.306 e. The van der Waals surface area contributed by atoms with Crippen LogP contribution in [0.1, 0.15) is 117 Å². The Hall–Kier alpha value is -1.10. The van der Waals surface area contributed by atoms with Crippen molar-refractivity contribution in [1.29, 1.82) is 0 Å². The Bertz CT molecular complexity index is 459. The van der Waals surface area contributed by atoms with Crippen LogP contribution < -0.4 is 5.11 Å². The summed E-state index contributed by atoms with van der Waals surface area (Å²) in [5, 5.41) is 10.9. The second-order valence-electron chi connectivity index (χ2n) is 10.5. The zero-order valence-electron chi connectivity index (χ0n) is 21.3. The van der Waals surface area contributed by atoms with E-state index in [1.54, 1.807) is 0 Å². The van der Waals surface area contributed by atoms with Crippen LogP contribution in [0.2, 0.25) is 0 Å². The lowest BCUT2D eigenvalue weighted by Crippen LogP contribution is -2.45. The van der Waals surface area contributed by atoms with Gasteiger partial charge in [0.25, 0.3) is 0 Å². The van der Waals surface area contributed by atoms with Crippen LogP contribution in [0.25, 0.3) is 0 Å². The van der Waals surface area contributed by atoms with E-state index in [4.69, 9.17) is 4.74 Å². The molecule has 0 aromatic carbocycles. The zero-order chi connectivity index (χ0) is 23.5. The topological polar surface area (TPSA) is 66.4 Å². The SMILES string of the molecule is CCCCCCCCCC(C)CCCCCCCC(=O)OC(CC(=O)[O-])C[N+](C)(C)C. The molecule has 0 aliphatic heterocycles. The van der Waals surface area contributed by atoms with E-state index in [1.807, 2.05) is 21.1 Å². The van der Waals surface area contributed by atoms with E-state index < -0.39 is 12.1 Å². The Morgan fingerprint density at radius 2 is 1.29 bits per heavy atom. The number of likely N-dealkylation sites (N-methyl/N-ethyl adjacent to an activating group) is 1. The molecular formula is C26H51NO4. The Labute approximate surface area is 192 Å². The first-order chi connectivity index (χ1) is 14.6. The molecule has 2 unspecified atom stereocenters. The molecule has 0 aliphatic carbocycles. The molecule has 184 valence electrons. The maximum absolute atomic E-state index is 12.1. The normalized spacial score (nSPS) is 13.7. The van der Waals surface area contributed by atoms with Crippen LogP contribution in [0.4, 0.5) is 0 Å². The lowest BCUT2D eigenvalue weighted by atomic mass is 9.96. The van der Waals surface area contributed by atoms with E-state index in [-0.39, 0.29) is 12.4 Å². The molecule has 2 atom stereocenters. The maximum atomic E-state index is 12.1. The average Bonchev–Trinajstić information content (AvgIpc) is 2.64. The highest BCUT2D eigenvalue weighted by Crippen LogP contribution is 2.18. The smallest absolute Gasteiger partial charge is 0.306 e. The summed E-state index contributed by atoms with van der Waals surface area (Å²) in [6.07, 6.45) is 17.4. The molecule has 0 bridgehead atoms. The first kappa shape index (κ1) is 29.9. The molecule has 0 aliphatic rings. The lowest BCUT2D eigenvalue weighted by Gasteiger charge is -2.29. The van der Waals surface area contributed by atoms with Crippen LogP contribution in [0.3, 0.4) is 0 Å². The number of carbonyl (C=O) groups excluding carboxylic acids is 2. The van der Waals surface area contributed by atoms with Crippen LogP contribution in [0, 0.1) is 5.92 Å². The van der Waals surface area contributed by atoms with Crippen molar-refractivity contribution in [3.05, 3.63) is 0 Å². The number of carbonyl (C=O) groups is 2. The molecule has 0 N–H and O–H groups in total. The van der Waals surface area contributed by atoms with Crippen LogP contribution in [0.5, 0.6) is 0 Å². The number of nitrogens with zero attached hydrogens (tertiary/aromatic N) is 1. The number of rotatable bonds is 21. The summed E-state index contributed by atoms with van der Waals surface area (Å²) in [6.45, 7) is 5.12. The molecule has 0 heterocycles. The molecular weight excluding hydrogens is 390 g/mol. The van der Waals surface area contributed by atoms with Crippen molar-refractivity contribution >= 4 is 11.9 Å². The second kappa shape index (κ2) is 18.5. The largest absolute Gasteiger partial charge is 0.550 e. The third-order valence-corrected chi connectivity index (χ3v) is 5.82. The van der Waals surface area contributed by atoms with E-state index in [0.29, 0.717) is 17.4 Å². The van der Waals surface area contributed by atoms with Crippen molar-refractivity contribution in [1.82, 2.24) is 0 Å². The summed E-state index contributed by atoms with van der Waals surface area (Å²) in [5.41, 5.74) is 0. The Kier molecular flexibility index (Phi) is 17.8. The highest BCUT2D eigenvalue weighted by molar-refractivity contribution is 5.70. The van der Waals surface area contributed by atoms with Gasteiger partial charge in [-0.15, -0.1) is 0 Å². The van der Waals surface area contributed by atoms with Gasteiger partial charge in [0.2, 0.25) is 0 Å². The summed E-state index contributed by atoms with van der Waals surface area (Å²) >= 11 is 0. The molecule has 0 spiro atoms. The molecule has 0 rings (SSSR count). The number of quaternary nitrogens is 1. The Morgan fingerprint density at radius 1 is 0.806 bits per heavy atom. The van der Waals surface area contributed by atoms with Gasteiger partial charge in [0.1, 0.15) is 6.54 Å². The Balaban J connectivity index is 3.69. The fraction of sp³-hybridized carbons (Fsp3) is 0.923. The molecule has 31 heavy (non-hydrogen) atoms. The molecule has 0 aromatic rings. The lowest BCUT2D eigenvalue weighted by molar-refractivity contribution is -0.873. The van der Waals surface area contributed by atoms with Crippen molar-refractivity contribution in [3.63, 3.8) is 0 Å². The minimum Gasteiger partial charge on any atom is -0.550 e. The second-order valence-corrected chi connectivity index (χ2v) is 10.5. The van der Waals surface area contributed by atoms with Gasteiger partial charge in [0.05, 0.1) is 21.1 Å². The van der Waals surface area contributed by atoms with Gasteiger partial charge in [-0.25, -0.2) is 0 Å². The van der Waals surface area contributed by atoms with Crippen molar-refractivity contribution in [2.24, 2.45) is 5.92 Å². The van der Waals surface area contributed by atoms with Crippen LogP contribution in [-0.4, -0.2) is 50.2 Å². The van der Waals surface area contributed by atoms with Gasteiger partial charge in [-0.2, -0.15) is 0 Å². The van der Waals surface area contributed by atoms with Gasteiger partial charge < -0.3 is 19.1 Å². The summed E-state index contributed by atoms with van der Waals surface area (Å²) < 4.78 is 5.94. The van der Waals surface area contributed by atoms with Crippen LogP contribution in [0.15, 0.2) is 0 Å². The number of carboxylic acids is 1. The van der Waals surface area contributed by atoms with E-state index in [1.165, 1.54) is 70.6 Å². The number of ether oxygens (including phenoxy) is 1. The quantitative estimate of drug-likeness (QED) is 0.139. The number of hydrogen-bond donors (Lipinski definition) is 0. The first-order valence-electron chi connectivity index (χ1n) is 12.8. The van der Waals surface area contributed by atoms with Gasteiger partial charge >= 0.3 is 5.97 Å². The molecule has 0 amide bonds. The van der Waals surface area contributed by atoms with Crippen molar-refractivity contribution in [2.75, 3.05) is 27.7 Å². The fourth-order valence-electron chi connectivity index (χ4n) is 4.07. The Morgan fingerprint density at radius 3 is 1.77 bits per heavy atom. The molecule has 0 radical (unpaired) electrons. The highest BCUT2D eigenvalue weighted by Gasteiger charge is 2.22. The third-order valence-electron chi connectivity index (χ3n) is 5.82. The highest BCUT2D eigenvalue weighted by atomic mass is 16.5. The summed E-state index contributed by atoms with van der Waals surface area (Å²) in [4.78, 5) is 23.0. The summed E-state index contributed by atoms with van der Waals surface area (Å²) in [5.74, 6) is -0.636. The summed E-state index contributed by atoms with van der Waals surface area (Å²) in [6, 6.07) is 0. The summed E-state index contributed by atoms with van der Waals surface area (Å²) in [7, 11) is 5.85. The van der Waals surface area contributed by atoms with Crippen molar-refractivity contribution in [3.8, 4) is 0 Å². The average molecular weight is 442 g/mol. The van der Waals surface area contributed by atoms with E-state index in [9.17, 15) is 14.7 Å². The van der Waals surface area contributed by atoms with Crippen molar-refractivity contribution < 1.29 is 23.9 Å². The van der Waals surface area contributed by atoms with Gasteiger partial charge in [0.15, 0.2) is 6.10 Å². The minimum atomic E-state index is -1.17. The molecule has 5 heteroatoms. The number of hydrogen-bond acceptors (Lipinski definition) is 4. The predicted molar refractivity (Wildman–Crippen MR) is 126 cm³/mol. The van der Waals surface area contributed by atoms with Gasteiger partial charge in [-0.05, 0) is 12.3 Å². The van der Waals surface area contributed by atoms with Gasteiger partial charge in [-0.1, -0.05) is 97.3 Å². The van der Waals surface area contributed by atoms with Crippen LogP contribution in [-0.2, 0) is 14.3 Å². The standard InChI is InChI=1S/C26H51NO4/c1-6-7-8-9-10-12-15-18-23(2)19-16-13-11-14-17-20-26(30)31-24(21-25(28)29)22-27(3,4)5/h23-24H,6-22H2,1-5H3. The first-order valence-corrected chi connectivity index (χ1v) is 12.8. The fourth-order valence-corrected chi connectivity index (χ4v) is 4.07. The monoisotopic (exact) mass is 441 g/mol. The number of carboxylic acid groups (broad SMARTS) is 1. The number of esters is 1. The molecule has 5 nitrogen and oxygen atoms in total. The molecule has 0 saturated carbocycles. The van der Waals surface area contributed by atoms with Gasteiger partial charge in [-0.3, -0.25) is 4.79 Å². The number of aliphatic carboxylic acids is 1. The molecule has 0 saturated heterocycles. The van der Waals surface area contributed by atoms with E-state index in [0.717, 1.165) is 25.2 Å².